The summed E-state index contributed by atoms with van der Waals surface area (Å²) >= 11 is 0. The van der Waals surface area contributed by atoms with E-state index in [0.29, 0.717) is 22.7 Å². The van der Waals surface area contributed by atoms with Crippen LogP contribution < -0.4 is 4.74 Å². The van der Waals surface area contributed by atoms with Gasteiger partial charge in [-0.05, 0) is 12.1 Å². The van der Waals surface area contributed by atoms with Crippen molar-refractivity contribution in [2.75, 3.05) is 7.11 Å². The minimum Gasteiger partial charge on any atom is -0.493 e. The molecule has 2 heterocycles. The van der Waals surface area contributed by atoms with Crippen molar-refractivity contribution in [1.82, 2.24) is 9.38 Å². The van der Waals surface area contributed by atoms with E-state index in [0.717, 1.165) is 0 Å². The minimum atomic E-state index is -0.0543. The number of methoxy groups -OCH3 is 1. The molecule has 1 aromatic carbocycles. The van der Waals surface area contributed by atoms with Crippen LogP contribution in [0, 0.1) is 0 Å². The quantitative estimate of drug-likeness (QED) is 0.673. The highest BCUT2D eigenvalue weighted by Gasteiger charge is 2.15. The lowest BCUT2D eigenvalue weighted by Gasteiger charge is -2.04. The van der Waals surface area contributed by atoms with Crippen LogP contribution >= 0.6 is 0 Å². The van der Waals surface area contributed by atoms with Crippen LogP contribution in [0.1, 0.15) is 16.1 Å². The summed E-state index contributed by atoms with van der Waals surface area (Å²) in [7, 11) is 1.59. The third-order valence-corrected chi connectivity index (χ3v) is 2.99. The van der Waals surface area contributed by atoms with E-state index in [-0.39, 0.29) is 5.78 Å². The van der Waals surface area contributed by atoms with Crippen LogP contribution in [0.4, 0.5) is 0 Å². The SMILES string of the molecule is COc1cccn2c(C(=O)c3ccccc3)cnc12. The monoisotopic (exact) mass is 252 g/mol. The average molecular weight is 252 g/mol. The van der Waals surface area contributed by atoms with Crippen LogP contribution in [0.5, 0.6) is 5.75 Å². The number of carbonyl (C=O) groups is 1. The van der Waals surface area contributed by atoms with E-state index in [1.54, 1.807) is 36.0 Å². The predicted octanol–water partition coefficient (Wildman–Crippen LogP) is 2.57. The molecule has 19 heavy (non-hydrogen) atoms. The third-order valence-electron chi connectivity index (χ3n) is 2.99. The zero-order chi connectivity index (χ0) is 13.2. The van der Waals surface area contributed by atoms with E-state index in [4.69, 9.17) is 4.74 Å². The number of fused-ring (bicyclic) bond motifs is 1. The first-order chi connectivity index (χ1) is 9.31. The Kier molecular flexibility index (Phi) is 2.76. The Bertz CT molecular complexity index is 732. The minimum absolute atomic E-state index is 0.0543. The molecule has 3 aromatic rings. The second-order valence-electron chi connectivity index (χ2n) is 4.11. The fourth-order valence-electron chi connectivity index (χ4n) is 2.05. The van der Waals surface area contributed by atoms with Crippen LogP contribution in [0.3, 0.4) is 0 Å². The summed E-state index contributed by atoms with van der Waals surface area (Å²) in [6.45, 7) is 0. The van der Waals surface area contributed by atoms with Gasteiger partial charge in [-0.1, -0.05) is 30.3 Å². The number of nitrogens with zero attached hydrogens (tertiary/aromatic N) is 2. The molecule has 0 amide bonds. The third kappa shape index (κ3) is 1.87. The number of aromatic nitrogens is 2. The van der Waals surface area contributed by atoms with E-state index >= 15 is 0 Å². The molecule has 0 fully saturated rings. The highest BCUT2D eigenvalue weighted by atomic mass is 16.5. The molecule has 94 valence electrons. The first-order valence-electron chi connectivity index (χ1n) is 5.91. The van der Waals surface area contributed by atoms with Crippen LogP contribution in [0.15, 0.2) is 54.9 Å². The summed E-state index contributed by atoms with van der Waals surface area (Å²) in [5, 5.41) is 0. The number of imidazole rings is 1. The number of ether oxygens (including phenoxy) is 1. The number of hydrogen-bond acceptors (Lipinski definition) is 3. The fourth-order valence-corrected chi connectivity index (χ4v) is 2.05. The summed E-state index contributed by atoms with van der Waals surface area (Å²) in [4.78, 5) is 16.7. The van der Waals surface area contributed by atoms with Crippen molar-refractivity contribution in [2.24, 2.45) is 0 Å². The normalized spacial score (nSPS) is 10.6. The molecule has 3 rings (SSSR count). The smallest absolute Gasteiger partial charge is 0.211 e. The molecule has 2 aromatic heterocycles. The van der Waals surface area contributed by atoms with Gasteiger partial charge in [0.05, 0.1) is 13.3 Å². The molecule has 0 spiro atoms. The summed E-state index contributed by atoms with van der Waals surface area (Å²) in [5.74, 6) is 0.593. The summed E-state index contributed by atoms with van der Waals surface area (Å²) in [5.41, 5.74) is 1.82. The molecule has 4 nitrogen and oxygen atoms in total. The van der Waals surface area contributed by atoms with Crippen LogP contribution in [-0.2, 0) is 0 Å². The van der Waals surface area contributed by atoms with Gasteiger partial charge in [0, 0.05) is 11.8 Å². The lowest BCUT2D eigenvalue weighted by Crippen LogP contribution is -2.05. The molecular formula is C15H12N2O2. The van der Waals surface area contributed by atoms with Gasteiger partial charge in [0.1, 0.15) is 5.69 Å². The highest BCUT2D eigenvalue weighted by Crippen LogP contribution is 2.20. The maximum atomic E-state index is 12.4. The lowest BCUT2D eigenvalue weighted by atomic mass is 10.1. The van der Waals surface area contributed by atoms with E-state index in [1.807, 2.05) is 30.3 Å². The van der Waals surface area contributed by atoms with Crippen molar-refractivity contribution in [3.05, 3.63) is 66.1 Å². The van der Waals surface area contributed by atoms with Crippen LogP contribution in [-0.4, -0.2) is 22.3 Å². The van der Waals surface area contributed by atoms with Crippen molar-refractivity contribution < 1.29 is 9.53 Å². The van der Waals surface area contributed by atoms with Crippen molar-refractivity contribution in [3.63, 3.8) is 0 Å². The standard InChI is InChI=1S/C15H12N2O2/c1-19-13-8-5-9-17-12(10-16-15(13)17)14(18)11-6-3-2-4-7-11/h2-10H,1H3. The fraction of sp³-hybridized carbons (Fsp3) is 0.0667. The Hall–Kier alpha value is -2.62. The summed E-state index contributed by atoms with van der Waals surface area (Å²) in [6, 6.07) is 12.8. The summed E-state index contributed by atoms with van der Waals surface area (Å²) in [6.07, 6.45) is 3.38. The number of rotatable bonds is 3. The molecule has 0 unspecified atom stereocenters. The molecule has 0 saturated carbocycles. The number of hydrogen-bond donors (Lipinski definition) is 0. The second kappa shape index (κ2) is 4.57. The second-order valence-corrected chi connectivity index (χ2v) is 4.11. The van der Waals surface area contributed by atoms with Gasteiger partial charge in [-0.25, -0.2) is 4.98 Å². The maximum absolute atomic E-state index is 12.4. The number of carbonyl (C=O) groups excluding carboxylic acids is 1. The molecule has 0 aliphatic heterocycles. The zero-order valence-corrected chi connectivity index (χ0v) is 10.4. The van der Waals surface area contributed by atoms with E-state index < -0.39 is 0 Å². The van der Waals surface area contributed by atoms with E-state index in [1.165, 1.54) is 0 Å². The Morgan fingerprint density at radius 1 is 1.16 bits per heavy atom. The Balaban J connectivity index is 2.14. The summed E-state index contributed by atoms with van der Waals surface area (Å²) < 4.78 is 6.98. The molecule has 0 radical (unpaired) electrons. The predicted molar refractivity (Wildman–Crippen MR) is 71.6 cm³/mol. The zero-order valence-electron chi connectivity index (χ0n) is 10.4. The first kappa shape index (κ1) is 11.5. The molecular weight excluding hydrogens is 240 g/mol. The molecule has 0 bridgehead atoms. The van der Waals surface area contributed by atoms with Gasteiger partial charge < -0.3 is 4.74 Å². The van der Waals surface area contributed by atoms with Gasteiger partial charge >= 0.3 is 0 Å². The first-order valence-corrected chi connectivity index (χ1v) is 5.91. The highest BCUT2D eigenvalue weighted by molar-refractivity contribution is 6.08. The Morgan fingerprint density at radius 2 is 1.95 bits per heavy atom. The lowest BCUT2D eigenvalue weighted by molar-refractivity contribution is 0.103. The van der Waals surface area contributed by atoms with E-state index in [9.17, 15) is 4.79 Å². The maximum Gasteiger partial charge on any atom is 0.211 e. The molecule has 0 atom stereocenters. The van der Waals surface area contributed by atoms with E-state index in [2.05, 4.69) is 4.98 Å². The largest absolute Gasteiger partial charge is 0.493 e. The average Bonchev–Trinajstić information content (AvgIpc) is 2.91. The van der Waals surface area contributed by atoms with Crippen molar-refractivity contribution in [1.29, 1.82) is 0 Å². The van der Waals surface area contributed by atoms with Gasteiger partial charge in [0.2, 0.25) is 5.78 Å². The molecule has 4 heteroatoms. The Labute approximate surface area is 110 Å². The topological polar surface area (TPSA) is 43.6 Å². The number of ketones is 1. The molecule has 0 N–H and O–H groups in total. The molecule has 0 saturated heterocycles. The van der Waals surface area contributed by atoms with Crippen LogP contribution in [0.2, 0.25) is 0 Å². The van der Waals surface area contributed by atoms with Gasteiger partial charge in [-0.3, -0.25) is 9.20 Å². The number of pyridine rings is 1. The van der Waals surface area contributed by atoms with Gasteiger partial charge in [0.15, 0.2) is 11.4 Å². The van der Waals surface area contributed by atoms with Gasteiger partial charge in [0.25, 0.3) is 0 Å². The van der Waals surface area contributed by atoms with Gasteiger partial charge in [-0.15, -0.1) is 0 Å². The molecule has 0 aliphatic rings. The van der Waals surface area contributed by atoms with Crippen molar-refractivity contribution in [3.8, 4) is 5.75 Å². The van der Waals surface area contributed by atoms with Crippen molar-refractivity contribution >= 4 is 11.4 Å². The van der Waals surface area contributed by atoms with Crippen molar-refractivity contribution in [2.45, 2.75) is 0 Å². The molecule has 0 aliphatic carbocycles. The number of benzene rings is 1. The van der Waals surface area contributed by atoms with Crippen LogP contribution in [0.25, 0.3) is 5.65 Å². The van der Waals surface area contributed by atoms with Gasteiger partial charge in [-0.2, -0.15) is 0 Å². The Morgan fingerprint density at radius 3 is 2.68 bits per heavy atom.